The lowest BCUT2D eigenvalue weighted by Gasteiger charge is -2.21. The van der Waals surface area contributed by atoms with Gasteiger partial charge in [-0.1, -0.05) is 26.0 Å². The van der Waals surface area contributed by atoms with E-state index in [1.807, 2.05) is 12.1 Å². The van der Waals surface area contributed by atoms with Crippen molar-refractivity contribution < 1.29 is 4.74 Å². The first-order valence-electron chi connectivity index (χ1n) is 7.03. The molecular formula is C16H27NO. The molecule has 2 unspecified atom stereocenters. The highest BCUT2D eigenvalue weighted by atomic mass is 16.5. The summed E-state index contributed by atoms with van der Waals surface area (Å²) < 4.78 is 5.17. The Kier molecular flexibility index (Phi) is 6.81. The van der Waals surface area contributed by atoms with Gasteiger partial charge >= 0.3 is 0 Å². The second kappa shape index (κ2) is 8.15. The average Bonchev–Trinajstić information content (AvgIpc) is 2.42. The van der Waals surface area contributed by atoms with E-state index in [-0.39, 0.29) is 0 Å². The molecule has 0 radical (unpaired) electrons. The van der Waals surface area contributed by atoms with E-state index in [4.69, 9.17) is 4.74 Å². The van der Waals surface area contributed by atoms with E-state index >= 15 is 0 Å². The van der Waals surface area contributed by atoms with Crippen molar-refractivity contribution in [2.24, 2.45) is 5.92 Å². The Hall–Kier alpha value is -1.02. The van der Waals surface area contributed by atoms with Gasteiger partial charge in [-0.2, -0.15) is 0 Å². The smallest absolute Gasteiger partial charge is 0.118 e. The number of hydrogen-bond acceptors (Lipinski definition) is 2. The molecule has 0 fully saturated rings. The average molecular weight is 249 g/mol. The summed E-state index contributed by atoms with van der Waals surface area (Å²) in [6, 6.07) is 9.01. The van der Waals surface area contributed by atoms with Crippen LogP contribution in [0.3, 0.4) is 0 Å². The monoisotopic (exact) mass is 249 g/mol. The maximum Gasteiger partial charge on any atom is 0.118 e. The van der Waals surface area contributed by atoms with Crippen LogP contribution in [0.1, 0.15) is 39.2 Å². The largest absolute Gasteiger partial charge is 0.497 e. The molecule has 0 saturated heterocycles. The van der Waals surface area contributed by atoms with Crippen molar-refractivity contribution in [2.45, 2.75) is 46.1 Å². The van der Waals surface area contributed by atoms with Gasteiger partial charge in [-0.25, -0.2) is 0 Å². The van der Waals surface area contributed by atoms with E-state index in [9.17, 15) is 0 Å². The zero-order chi connectivity index (χ0) is 13.4. The fourth-order valence-corrected chi connectivity index (χ4v) is 2.01. The number of nitrogens with one attached hydrogen (secondary N) is 1. The molecule has 1 aromatic rings. The van der Waals surface area contributed by atoms with E-state index in [0.717, 1.165) is 18.7 Å². The molecule has 0 aliphatic carbocycles. The first kappa shape index (κ1) is 15.0. The zero-order valence-corrected chi connectivity index (χ0v) is 12.2. The fourth-order valence-electron chi connectivity index (χ4n) is 2.01. The summed E-state index contributed by atoms with van der Waals surface area (Å²) in [6.07, 6.45) is 3.57. The lowest BCUT2D eigenvalue weighted by molar-refractivity contribution is 0.380. The molecule has 1 rings (SSSR count). The van der Waals surface area contributed by atoms with Crippen LogP contribution in [-0.4, -0.2) is 19.7 Å². The first-order chi connectivity index (χ1) is 8.67. The van der Waals surface area contributed by atoms with Gasteiger partial charge in [0.15, 0.2) is 0 Å². The van der Waals surface area contributed by atoms with Crippen molar-refractivity contribution in [1.82, 2.24) is 5.32 Å². The normalized spacial score (nSPS) is 14.2. The lowest BCUT2D eigenvalue weighted by atomic mass is 9.95. The van der Waals surface area contributed by atoms with Gasteiger partial charge in [-0.05, 0) is 56.3 Å². The number of benzene rings is 1. The van der Waals surface area contributed by atoms with Crippen LogP contribution in [0, 0.1) is 5.92 Å². The van der Waals surface area contributed by atoms with Crippen LogP contribution in [0.25, 0.3) is 0 Å². The first-order valence-corrected chi connectivity index (χ1v) is 7.03. The van der Waals surface area contributed by atoms with E-state index in [1.165, 1.54) is 18.4 Å². The summed E-state index contributed by atoms with van der Waals surface area (Å²) in [5.41, 5.74) is 1.39. The molecule has 0 spiro atoms. The number of methoxy groups -OCH3 is 1. The number of aryl methyl sites for hydroxylation is 1. The minimum atomic E-state index is 0.600. The van der Waals surface area contributed by atoms with Gasteiger partial charge in [0.25, 0.3) is 0 Å². The molecule has 1 aromatic carbocycles. The molecule has 102 valence electrons. The zero-order valence-electron chi connectivity index (χ0n) is 12.2. The molecule has 18 heavy (non-hydrogen) atoms. The lowest BCUT2D eigenvalue weighted by Crippen LogP contribution is -2.32. The standard InChI is InChI=1S/C16H27NO/c1-5-12-17-14(3)13(2)6-7-15-8-10-16(18-4)11-9-15/h8-11,13-14,17H,5-7,12H2,1-4H3. The highest BCUT2D eigenvalue weighted by Crippen LogP contribution is 2.16. The van der Waals surface area contributed by atoms with Crippen molar-refractivity contribution >= 4 is 0 Å². The second-order valence-electron chi connectivity index (χ2n) is 5.11. The van der Waals surface area contributed by atoms with Crippen LogP contribution in [0.15, 0.2) is 24.3 Å². The third kappa shape index (κ3) is 5.09. The molecule has 2 nitrogen and oxygen atoms in total. The molecule has 2 heteroatoms. The number of rotatable bonds is 8. The van der Waals surface area contributed by atoms with E-state index in [2.05, 4.69) is 38.2 Å². The molecule has 0 amide bonds. The minimum Gasteiger partial charge on any atom is -0.497 e. The predicted molar refractivity (Wildman–Crippen MR) is 78.2 cm³/mol. The Morgan fingerprint density at radius 2 is 1.83 bits per heavy atom. The van der Waals surface area contributed by atoms with Crippen molar-refractivity contribution in [1.29, 1.82) is 0 Å². The minimum absolute atomic E-state index is 0.600. The topological polar surface area (TPSA) is 21.3 Å². The highest BCUT2D eigenvalue weighted by molar-refractivity contribution is 5.27. The van der Waals surface area contributed by atoms with Crippen LogP contribution < -0.4 is 10.1 Å². The summed E-state index contributed by atoms with van der Waals surface area (Å²) in [4.78, 5) is 0. The number of ether oxygens (including phenoxy) is 1. The van der Waals surface area contributed by atoms with Crippen LogP contribution >= 0.6 is 0 Å². The van der Waals surface area contributed by atoms with Crippen LogP contribution in [0.2, 0.25) is 0 Å². The molecule has 1 N–H and O–H groups in total. The van der Waals surface area contributed by atoms with E-state index < -0.39 is 0 Å². The van der Waals surface area contributed by atoms with Crippen LogP contribution in [0.4, 0.5) is 0 Å². The molecular weight excluding hydrogens is 222 g/mol. The molecule has 0 bridgehead atoms. The second-order valence-corrected chi connectivity index (χ2v) is 5.11. The third-order valence-electron chi connectivity index (χ3n) is 3.62. The molecule has 0 aliphatic rings. The van der Waals surface area contributed by atoms with Crippen LogP contribution in [-0.2, 0) is 6.42 Å². The Balaban J connectivity index is 2.34. The van der Waals surface area contributed by atoms with Gasteiger partial charge in [0, 0.05) is 6.04 Å². The summed E-state index contributed by atoms with van der Waals surface area (Å²) in [6.45, 7) is 7.95. The maximum absolute atomic E-state index is 5.17. The SMILES string of the molecule is CCCNC(C)C(C)CCc1ccc(OC)cc1. The van der Waals surface area contributed by atoms with Gasteiger partial charge in [0.2, 0.25) is 0 Å². The van der Waals surface area contributed by atoms with Crippen molar-refractivity contribution in [3.8, 4) is 5.75 Å². The van der Waals surface area contributed by atoms with E-state index in [1.54, 1.807) is 7.11 Å². The molecule has 0 aromatic heterocycles. The summed E-state index contributed by atoms with van der Waals surface area (Å²) in [5, 5.41) is 3.57. The molecule has 0 aliphatic heterocycles. The summed E-state index contributed by atoms with van der Waals surface area (Å²) in [7, 11) is 1.71. The van der Waals surface area contributed by atoms with Gasteiger partial charge in [0.05, 0.1) is 7.11 Å². The van der Waals surface area contributed by atoms with Crippen LogP contribution in [0.5, 0.6) is 5.75 Å². The van der Waals surface area contributed by atoms with Gasteiger partial charge < -0.3 is 10.1 Å². The quantitative estimate of drug-likeness (QED) is 0.759. The Morgan fingerprint density at radius 3 is 2.39 bits per heavy atom. The fraction of sp³-hybridized carbons (Fsp3) is 0.625. The third-order valence-corrected chi connectivity index (χ3v) is 3.62. The van der Waals surface area contributed by atoms with Crippen molar-refractivity contribution in [3.05, 3.63) is 29.8 Å². The van der Waals surface area contributed by atoms with Gasteiger partial charge in [-0.3, -0.25) is 0 Å². The van der Waals surface area contributed by atoms with Crippen molar-refractivity contribution in [3.63, 3.8) is 0 Å². The highest BCUT2D eigenvalue weighted by Gasteiger charge is 2.10. The summed E-state index contributed by atoms with van der Waals surface area (Å²) in [5.74, 6) is 1.64. The van der Waals surface area contributed by atoms with Gasteiger partial charge in [-0.15, -0.1) is 0 Å². The van der Waals surface area contributed by atoms with E-state index in [0.29, 0.717) is 12.0 Å². The van der Waals surface area contributed by atoms with Gasteiger partial charge in [0.1, 0.15) is 5.75 Å². The predicted octanol–water partition coefficient (Wildman–Crippen LogP) is 3.65. The molecule has 0 heterocycles. The Labute approximate surface area is 112 Å². The van der Waals surface area contributed by atoms with Crippen molar-refractivity contribution in [2.75, 3.05) is 13.7 Å². The Bertz CT molecular complexity index is 320. The summed E-state index contributed by atoms with van der Waals surface area (Å²) >= 11 is 0. The maximum atomic E-state index is 5.17. The Morgan fingerprint density at radius 1 is 1.17 bits per heavy atom. The molecule has 2 atom stereocenters. The number of hydrogen-bond donors (Lipinski definition) is 1. The molecule has 0 saturated carbocycles.